The second-order valence-corrected chi connectivity index (χ2v) is 12.4. The molecule has 9 rings (SSSR count). The van der Waals surface area contributed by atoms with E-state index in [2.05, 4.69) is 28.8 Å². The van der Waals surface area contributed by atoms with Crippen LogP contribution in [-0.2, 0) is 0 Å². The second-order valence-electron chi connectivity index (χ2n) is 12.4. The maximum absolute atomic E-state index is 14.9. The summed E-state index contributed by atoms with van der Waals surface area (Å²) in [5.74, 6) is -0.730. The first-order valence-corrected chi connectivity index (χ1v) is 16.4. The lowest BCUT2D eigenvalue weighted by atomic mass is 9.97. The molecule has 0 atom stereocenters. The molecule has 0 aliphatic carbocycles. The number of carbonyl (C=O) groups excluding carboxylic acids is 2. The van der Waals surface area contributed by atoms with Gasteiger partial charge in [-0.15, -0.1) is 0 Å². The number of anilines is 1. The molecule has 7 aromatic carbocycles. The summed E-state index contributed by atoms with van der Waals surface area (Å²) in [6, 6.07) is 55.4. The molecule has 0 N–H and O–H groups in total. The van der Waals surface area contributed by atoms with Crippen molar-refractivity contribution in [1.29, 1.82) is 5.26 Å². The fourth-order valence-corrected chi connectivity index (χ4v) is 7.29. The Morgan fingerprint density at radius 2 is 1.08 bits per heavy atom. The van der Waals surface area contributed by atoms with Gasteiger partial charge >= 0.3 is 0 Å². The first kappa shape index (κ1) is 29.1. The summed E-state index contributed by atoms with van der Waals surface area (Å²) < 4.78 is 2.12. The van der Waals surface area contributed by atoms with E-state index in [1.54, 1.807) is 6.07 Å². The van der Waals surface area contributed by atoms with Crippen LogP contribution in [0.25, 0.3) is 60.9 Å². The molecule has 0 fully saturated rings. The monoisotopic (exact) mass is 641 g/mol. The first-order valence-electron chi connectivity index (χ1n) is 16.4. The zero-order chi connectivity index (χ0) is 33.8. The Kier molecular flexibility index (Phi) is 6.75. The van der Waals surface area contributed by atoms with Crippen LogP contribution in [0.15, 0.2) is 164 Å². The number of aromatic nitrogens is 1. The van der Waals surface area contributed by atoms with Gasteiger partial charge in [0.1, 0.15) is 0 Å². The number of rotatable bonds is 5. The predicted molar refractivity (Wildman–Crippen MR) is 199 cm³/mol. The van der Waals surface area contributed by atoms with E-state index in [4.69, 9.17) is 0 Å². The molecule has 2 amide bonds. The van der Waals surface area contributed by atoms with Crippen molar-refractivity contribution >= 4 is 39.3 Å². The van der Waals surface area contributed by atoms with E-state index in [1.165, 1.54) is 4.90 Å². The number of para-hydroxylation sites is 2. The molecule has 5 heteroatoms. The molecule has 2 heterocycles. The number of hydrogen-bond acceptors (Lipinski definition) is 3. The second kappa shape index (κ2) is 11.6. The maximum Gasteiger partial charge on any atom is 0.268 e. The smallest absolute Gasteiger partial charge is 0.268 e. The van der Waals surface area contributed by atoms with E-state index in [9.17, 15) is 14.9 Å². The number of fused-ring (bicyclic) bond motifs is 4. The van der Waals surface area contributed by atoms with E-state index >= 15 is 0 Å². The molecule has 0 radical (unpaired) electrons. The number of amides is 2. The molecule has 1 aromatic heterocycles. The summed E-state index contributed by atoms with van der Waals surface area (Å²) in [7, 11) is 0. The summed E-state index contributed by atoms with van der Waals surface area (Å²) in [5.41, 5.74) is 9.82. The number of imide groups is 1. The summed E-state index contributed by atoms with van der Waals surface area (Å²) >= 11 is 0. The molecule has 0 unspecified atom stereocenters. The van der Waals surface area contributed by atoms with Crippen molar-refractivity contribution in [2.45, 2.75) is 0 Å². The number of hydrogen-bond donors (Lipinski definition) is 0. The molecule has 0 saturated carbocycles. The quantitative estimate of drug-likeness (QED) is 0.176. The minimum Gasteiger partial charge on any atom is -0.308 e. The van der Waals surface area contributed by atoms with Gasteiger partial charge in [0, 0.05) is 21.9 Å². The highest BCUT2D eigenvalue weighted by molar-refractivity contribution is 6.36. The van der Waals surface area contributed by atoms with E-state index in [-0.39, 0.29) is 11.8 Å². The molecule has 1 aliphatic heterocycles. The molecule has 5 nitrogen and oxygen atoms in total. The van der Waals surface area contributed by atoms with Crippen molar-refractivity contribution in [2.75, 3.05) is 4.90 Å². The number of benzene rings is 7. The Labute approximate surface area is 288 Å². The lowest BCUT2D eigenvalue weighted by Gasteiger charge is -2.20. The average molecular weight is 642 g/mol. The number of carbonyl (C=O) groups is 2. The minimum absolute atomic E-state index is 0.359. The van der Waals surface area contributed by atoms with E-state index < -0.39 is 0 Å². The highest BCUT2D eigenvalue weighted by Crippen LogP contribution is 2.43. The Morgan fingerprint density at radius 3 is 1.84 bits per heavy atom. The van der Waals surface area contributed by atoms with Crippen LogP contribution in [0.4, 0.5) is 5.69 Å². The van der Waals surface area contributed by atoms with Gasteiger partial charge in [0.05, 0.1) is 45.2 Å². The predicted octanol–water partition coefficient (Wildman–Crippen LogP) is 10.5. The van der Waals surface area contributed by atoms with Gasteiger partial charge in [0.25, 0.3) is 11.8 Å². The average Bonchev–Trinajstić information content (AvgIpc) is 3.66. The third-order valence-electron chi connectivity index (χ3n) is 9.58. The SMILES string of the molecule is N#Cc1ccc(-c2cccc3c4ccccc4n(-c4cccc5c4C(=O)N(c4cc(-c6ccccc6)ccc4-c4ccccc4)C5=O)c23)cc1. The third kappa shape index (κ3) is 4.47. The van der Waals surface area contributed by atoms with Crippen LogP contribution in [0.1, 0.15) is 26.3 Å². The van der Waals surface area contributed by atoms with Crippen LogP contribution < -0.4 is 4.90 Å². The zero-order valence-electron chi connectivity index (χ0n) is 26.7. The van der Waals surface area contributed by atoms with Crippen LogP contribution in [0.3, 0.4) is 0 Å². The summed E-state index contributed by atoms with van der Waals surface area (Å²) in [6.07, 6.45) is 0. The summed E-state index contributed by atoms with van der Waals surface area (Å²) in [6.45, 7) is 0. The molecule has 0 bridgehead atoms. The largest absolute Gasteiger partial charge is 0.308 e. The van der Waals surface area contributed by atoms with E-state index in [1.807, 2.05) is 140 Å². The minimum atomic E-state index is -0.371. The van der Waals surface area contributed by atoms with Crippen molar-refractivity contribution in [3.8, 4) is 45.1 Å². The highest BCUT2D eigenvalue weighted by atomic mass is 16.2. The van der Waals surface area contributed by atoms with Gasteiger partial charge in [-0.25, -0.2) is 4.90 Å². The Bertz CT molecular complexity index is 2690. The lowest BCUT2D eigenvalue weighted by molar-refractivity contribution is 0.0926. The first-order chi connectivity index (χ1) is 24.6. The van der Waals surface area contributed by atoms with Gasteiger partial charge in [-0.1, -0.05) is 127 Å². The van der Waals surface area contributed by atoms with Gasteiger partial charge in [0.2, 0.25) is 0 Å². The standard InChI is InChI=1S/C45H27N3O2/c46-28-29-21-23-32(24-22-29)35-16-9-17-37-36-15-7-8-19-39(36)47(43(35)37)40-20-10-18-38-42(40)45(50)48(44(38)49)41-27-33(30-11-3-1-4-12-30)25-26-34(41)31-13-5-2-6-14-31/h1-27H. The number of nitriles is 1. The number of nitrogens with zero attached hydrogens (tertiary/aromatic N) is 3. The van der Waals surface area contributed by atoms with Crippen LogP contribution in [0, 0.1) is 11.3 Å². The van der Waals surface area contributed by atoms with E-state index in [0.717, 1.165) is 55.2 Å². The molecule has 1 aliphatic rings. The third-order valence-corrected chi connectivity index (χ3v) is 9.58. The van der Waals surface area contributed by atoms with E-state index in [0.29, 0.717) is 28.1 Å². The normalized spacial score (nSPS) is 12.4. The fraction of sp³-hybridized carbons (Fsp3) is 0. The fourth-order valence-electron chi connectivity index (χ4n) is 7.29. The molecular formula is C45H27N3O2. The topological polar surface area (TPSA) is 66.1 Å². The molecule has 0 spiro atoms. The Balaban J connectivity index is 1.28. The van der Waals surface area contributed by atoms with Crippen molar-refractivity contribution in [1.82, 2.24) is 4.57 Å². The van der Waals surface area contributed by atoms with Gasteiger partial charge in [0.15, 0.2) is 0 Å². The van der Waals surface area contributed by atoms with Gasteiger partial charge in [-0.2, -0.15) is 5.26 Å². The molecule has 8 aromatic rings. The van der Waals surface area contributed by atoms with Crippen LogP contribution >= 0.6 is 0 Å². The van der Waals surface area contributed by atoms with Gasteiger partial charge < -0.3 is 4.57 Å². The summed E-state index contributed by atoms with van der Waals surface area (Å²) in [5, 5.41) is 11.5. The van der Waals surface area contributed by atoms with Gasteiger partial charge in [-0.05, 0) is 58.7 Å². The molecule has 50 heavy (non-hydrogen) atoms. The Hall–Kier alpha value is -7.03. The van der Waals surface area contributed by atoms with Crippen LogP contribution in [-0.4, -0.2) is 16.4 Å². The molecule has 0 saturated heterocycles. The summed E-state index contributed by atoms with van der Waals surface area (Å²) in [4.78, 5) is 30.8. The molecule has 234 valence electrons. The maximum atomic E-state index is 14.9. The van der Waals surface area contributed by atoms with Crippen molar-refractivity contribution < 1.29 is 9.59 Å². The zero-order valence-corrected chi connectivity index (χ0v) is 26.7. The lowest BCUT2D eigenvalue weighted by Crippen LogP contribution is -2.30. The molecular weight excluding hydrogens is 615 g/mol. The van der Waals surface area contributed by atoms with Crippen LogP contribution in [0.2, 0.25) is 0 Å². The van der Waals surface area contributed by atoms with Crippen molar-refractivity contribution in [3.05, 3.63) is 180 Å². The van der Waals surface area contributed by atoms with Crippen LogP contribution in [0.5, 0.6) is 0 Å². The van der Waals surface area contributed by atoms with Crippen molar-refractivity contribution in [3.63, 3.8) is 0 Å². The van der Waals surface area contributed by atoms with Gasteiger partial charge in [-0.3, -0.25) is 9.59 Å². The van der Waals surface area contributed by atoms with Crippen molar-refractivity contribution in [2.24, 2.45) is 0 Å². The highest BCUT2D eigenvalue weighted by Gasteiger charge is 2.40. The Morgan fingerprint density at radius 1 is 0.460 bits per heavy atom.